The molecule has 1 aromatic carbocycles. The number of carbonyl (C=O) groups is 2. The number of nitrogens with zero attached hydrogens (tertiary/aromatic N) is 1. The summed E-state index contributed by atoms with van der Waals surface area (Å²) >= 11 is 0. The first kappa shape index (κ1) is 15.8. The molecule has 0 saturated carbocycles. The number of hydrogen-bond acceptors (Lipinski definition) is 4. The highest BCUT2D eigenvalue weighted by atomic mass is 16.4. The molecular weight excluding hydrogens is 284 g/mol. The van der Waals surface area contributed by atoms with Gasteiger partial charge in [-0.2, -0.15) is 0 Å². The highest BCUT2D eigenvalue weighted by molar-refractivity contribution is 5.94. The van der Waals surface area contributed by atoms with Crippen molar-refractivity contribution in [3.63, 3.8) is 0 Å². The summed E-state index contributed by atoms with van der Waals surface area (Å²) in [6.07, 6.45) is 0. The van der Waals surface area contributed by atoms with Crippen molar-refractivity contribution in [1.29, 1.82) is 0 Å². The van der Waals surface area contributed by atoms with E-state index in [1.54, 1.807) is 20.8 Å². The number of aromatic nitrogens is 1. The predicted octanol–water partition coefficient (Wildman–Crippen LogP) is 2.49. The number of benzene rings is 1. The third-order valence-electron chi connectivity index (χ3n) is 3.30. The van der Waals surface area contributed by atoms with Crippen molar-refractivity contribution in [3.8, 4) is 11.5 Å². The molecule has 2 aromatic rings. The van der Waals surface area contributed by atoms with Crippen molar-refractivity contribution in [1.82, 2.24) is 10.3 Å². The van der Waals surface area contributed by atoms with Crippen LogP contribution in [-0.4, -0.2) is 28.5 Å². The molecule has 0 aliphatic rings. The molecule has 6 nitrogen and oxygen atoms in total. The Bertz CT molecular complexity index is 689. The Morgan fingerprint density at radius 2 is 1.91 bits per heavy atom. The minimum Gasteiger partial charge on any atom is -0.481 e. The fraction of sp³-hybridized carbons (Fsp3) is 0.312. The van der Waals surface area contributed by atoms with E-state index in [0.717, 1.165) is 5.56 Å². The maximum atomic E-state index is 12.2. The number of aliphatic carboxylic acids is 1. The Morgan fingerprint density at radius 1 is 1.27 bits per heavy atom. The third kappa shape index (κ3) is 3.33. The lowest BCUT2D eigenvalue weighted by Crippen LogP contribution is -2.39. The maximum Gasteiger partial charge on any atom is 0.310 e. The molecule has 1 aromatic heterocycles. The van der Waals surface area contributed by atoms with Gasteiger partial charge in [0.2, 0.25) is 5.89 Å². The van der Waals surface area contributed by atoms with Gasteiger partial charge in [0, 0.05) is 12.1 Å². The minimum absolute atomic E-state index is 0.00807. The summed E-state index contributed by atoms with van der Waals surface area (Å²) in [5, 5.41) is 11.6. The molecule has 0 fully saturated rings. The molecule has 1 heterocycles. The van der Waals surface area contributed by atoms with E-state index in [2.05, 4.69) is 10.3 Å². The van der Waals surface area contributed by atoms with E-state index in [-0.39, 0.29) is 12.2 Å². The van der Waals surface area contributed by atoms with Gasteiger partial charge >= 0.3 is 5.97 Å². The van der Waals surface area contributed by atoms with E-state index in [9.17, 15) is 9.59 Å². The van der Waals surface area contributed by atoms with Crippen LogP contribution in [0.2, 0.25) is 0 Å². The number of oxazole rings is 1. The largest absolute Gasteiger partial charge is 0.481 e. The van der Waals surface area contributed by atoms with Gasteiger partial charge in [-0.1, -0.05) is 18.2 Å². The van der Waals surface area contributed by atoms with Crippen LogP contribution < -0.4 is 5.32 Å². The molecule has 0 radical (unpaired) electrons. The lowest BCUT2D eigenvalue weighted by atomic mass is 9.94. The Kier molecular flexibility index (Phi) is 4.30. The van der Waals surface area contributed by atoms with E-state index in [0.29, 0.717) is 11.7 Å². The van der Waals surface area contributed by atoms with Crippen molar-refractivity contribution in [2.45, 2.75) is 20.8 Å². The van der Waals surface area contributed by atoms with Crippen LogP contribution in [0.25, 0.3) is 11.5 Å². The number of carboxylic acid groups (broad SMARTS) is 1. The molecule has 0 atom stereocenters. The molecule has 1 amide bonds. The van der Waals surface area contributed by atoms with E-state index in [1.807, 2.05) is 30.3 Å². The fourth-order valence-electron chi connectivity index (χ4n) is 1.77. The van der Waals surface area contributed by atoms with E-state index >= 15 is 0 Å². The average molecular weight is 302 g/mol. The van der Waals surface area contributed by atoms with Gasteiger partial charge in [0.25, 0.3) is 5.91 Å². The van der Waals surface area contributed by atoms with Crippen LogP contribution in [0.1, 0.15) is 30.1 Å². The second kappa shape index (κ2) is 6.01. The van der Waals surface area contributed by atoms with E-state index < -0.39 is 17.3 Å². The minimum atomic E-state index is -1.05. The summed E-state index contributed by atoms with van der Waals surface area (Å²) in [7, 11) is 0. The van der Waals surface area contributed by atoms with Gasteiger partial charge in [0.1, 0.15) is 5.76 Å². The van der Waals surface area contributed by atoms with Gasteiger partial charge in [0.15, 0.2) is 5.69 Å². The number of aryl methyl sites for hydroxylation is 1. The van der Waals surface area contributed by atoms with Crippen LogP contribution in [0.5, 0.6) is 0 Å². The zero-order valence-corrected chi connectivity index (χ0v) is 12.7. The molecule has 2 rings (SSSR count). The summed E-state index contributed by atoms with van der Waals surface area (Å²) in [6.45, 7) is 4.74. The molecule has 0 aliphatic carbocycles. The number of hydrogen-bond donors (Lipinski definition) is 2. The zero-order valence-electron chi connectivity index (χ0n) is 12.7. The van der Waals surface area contributed by atoms with Gasteiger partial charge < -0.3 is 14.8 Å². The molecule has 0 saturated heterocycles. The number of carboxylic acids is 1. The molecule has 116 valence electrons. The molecule has 6 heteroatoms. The van der Waals surface area contributed by atoms with Gasteiger partial charge in [-0.05, 0) is 32.9 Å². The van der Waals surface area contributed by atoms with Crippen molar-refractivity contribution in [2.75, 3.05) is 6.54 Å². The van der Waals surface area contributed by atoms with E-state index in [4.69, 9.17) is 9.52 Å². The zero-order chi connectivity index (χ0) is 16.3. The Morgan fingerprint density at radius 3 is 2.50 bits per heavy atom. The van der Waals surface area contributed by atoms with Crippen LogP contribution in [0.3, 0.4) is 0 Å². The summed E-state index contributed by atoms with van der Waals surface area (Å²) in [6, 6.07) is 9.25. The summed E-state index contributed by atoms with van der Waals surface area (Å²) in [5.41, 5.74) is -0.106. The second-order valence-corrected chi connectivity index (χ2v) is 5.66. The summed E-state index contributed by atoms with van der Waals surface area (Å²) in [5.74, 6) is -0.669. The van der Waals surface area contributed by atoms with Crippen molar-refractivity contribution in [2.24, 2.45) is 5.41 Å². The topological polar surface area (TPSA) is 92.4 Å². The van der Waals surface area contributed by atoms with Gasteiger partial charge in [-0.15, -0.1) is 0 Å². The average Bonchev–Trinajstić information content (AvgIpc) is 2.88. The van der Waals surface area contributed by atoms with Gasteiger partial charge in [-0.3, -0.25) is 9.59 Å². The predicted molar refractivity (Wildman–Crippen MR) is 80.4 cm³/mol. The Balaban J connectivity index is 2.15. The van der Waals surface area contributed by atoms with Crippen molar-refractivity contribution < 1.29 is 19.1 Å². The molecular formula is C16H18N2O4. The fourth-order valence-corrected chi connectivity index (χ4v) is 1.77. The first-order valence-electron chi connectivity index (χ1n) is 6.86. The first-order chi connectivity index (χ1) is 10.3. The van der Waals surface area contributed by atoms with Crippen LogP contribution >= 0.6 is 0 Å². The van der Waals surface area contributed by atoms with E-state index in [1.165, 1.54) is 0 Å². The molecule has 0 aliphatic heterocycles. The molecule has 0 unspecified atom stereocenters. The highest BCUT2D eigenvalue weighted by Crippen LogP contribution is 2.21. The standard InChI is InChI=1S/C16H18N2O4/c1-10-12(13(19)17-9-16(2,3)15(20)21)18-14(22-10)11-7-5-4-6-8-11/h4-8H,9H2,1-3H3,(H,17,19)(H,20,21). The van der Waals surface area contributed by atoms with Crippen LogP contribution in [-0.2, 0) is 4.79 Å². The normalized spacial score (nSPS) is 11.2. The maximum absolute atomic E-state index is 12.2. The van der Waals surface area contributed by atoms with Crippen molar-refractivity contribution >= 4 is 11.9 Å². The molecule has 22 heavy (non-hydrogen) atoms. The number of amides is 1. The summed E-state index contributed by atoms with van der Waals surface area (Å²) in [4.78, 5) is 27.4. The SMILES string of the molecule is Cc1oc(-c2ccccc2)nc1C(=O)NCC(C)(C)C(=O)O. The lowest BCUT2D eigenvalue weighted by molar-refractivity contribution is -0.146. The first-order valence-corrected chi connectivity index (χ1v) is 6.86. The van der Waals surface area contributed by atoms with Crippen molar-refractivity contribution in [3.05, 3.63) is 41.8 Å². The second-order valence-electron chi connectivity index (χ2n) is 5.66. The lowest BCUT2D eigenvalue weighted by Gasteiger charge is -2.18. The highest BCUT2D eigenvalue weighted by Gasteiger charge is 2.28. The molecule has 2 N–H and O–H groups in total. The van der Waals surface area contributed by atoms with Gasteiger partial charge in [-0.25, -0.2) is 4.98 Å². The molecule has 0 bridgehead atoms. The third-order valence-corrected chi connectivity index (χ3v) is 3.30. The monoisotopic (exact) mass is 302 g/mol. The number of carbonyl (C=O) groups excluding carboxylic acids is 1. The Labute approximate surface area is 128 Å². The summed E-state index contributed by atoms with van der Waals surface area (Å²) < 4.78 is 5.51. The van der Waals surface area contributed by atoms with Crippen LogP contribution in [0, 0.1) is 12.3 Å². The van der Waals surface area contributed by atoms with Gasteiger partial charge in [0.05, 0.1) is 5.41 Å². The number of nitrogens with one attached hydrogen (secondary N) is 1. The quantitative estimate of drug-likeness (QED) is 0.885. The van der Waals surface area contributed by atoms with Crippen LogP contribution in [0.15, 0.2) is 34.7 Å². The van der Waals surface area contributed by atoms with Crippen LogP contribution in [0.4, 0.5) is 0 Å². The molecule has 0 spiro atoms. The smallest absolute Gasteiger partial charge is 0.310 e. The number of rotatable bonds is 5. The Hall–Kier alpha value is -2.63.